The Morgan fingerprint density at radius 2 is 1.80 bits per heavy atom. The molecule has 76 valence electrons. The Kier molecular flexibility index (Phi) is 2.77. The number of carbonyl (C=O) groups excluding carboxylic acids is 2. The van der Waals surface area contributed by atoms with Crippen LogP contribution >= 0.6 is 0 Å². The molecule has 2 rings (SSSR count). The van der Waals surface area contributed by atoms with Crippen molar-refractivity contribution in [2.24, 2.45) is 0 Å². The molecule has 0 heterocycles. The van der Waals surface area contributed by atoms with Crippen molar-refractivity contribution in [1.82, 2.24) is 0 Å². The van der Waals surface area contributed by atoms with Gasteiger partial charge in [-0.2, -0.15) is 0 Å². The van der Waals surface area contributed by atoms with Crippen LogP contribution in [0.15, 0.2) is 29.8 Å². The molecule has 0 saturated carbocycles. The predicted molar refractivity (Wildman–Crippen MR) is 58.7 cm³/mol. The SMILES string of the molecule is O=CC1=C(c2ccccc2C=O)CCC1. The van der Waals surface area contributed by atoms with Crippen molar-refractivity contribution >= 4 is 18.1 Å². The van der Waals surface area contributed by atoms with Crippen molar-refractivity contribution in [1.29, 1.82) is 0 Å². The molecule has 15 heavy (non-hydrogen) atoms. The van der Waals surface area contributed by atoms with Gasteiger partial charge in [-0.3, -0.25) is 9.59 Å². The topological polar surface area (TPSA) is 34.1 Å². The quantitative estimate of drug-likeness (QED) is 0.703. The van der Waals surface area contributed by atoms with Crippen LogP contribution in [0.25, 0.3) is 5.57 Å². The number of allylic oxidation sites excluding steroid dienone is 2. The first-order chi connectivity index (χ1) is 7.36. The van der Waals surface area contributed by atoms with Crippen LogP contribution in [0.1, 0.15) is 35.2 Å². The molecule has 0 atom stereocenters. The highest BCUT2D eigenvalue weighted by Gasteiger charge is 2.17. The van der Waals surface area contributed by atoms with E-state index in [0.29, 0.717) is 5.56 Å². The summed E-state index contributed by atoms with van der Waals surface area (Å²) in [4.78, 5) is 21.7. The first kappa shape index (κ1) is 9.84. The standard InChI is InChI=1S/C13H12O2/c14-8-10-4-1-2-6-12(10)13-7-3-5-11(13)9-15/h1-2,4,6,8-9H,3,5,7H2. The molecule has 1 aliphatic rings. The molecule has 0 N–H and O–H groups in total. The number of hydrogen-bond acceptors (Lipinski definition) is 2. The maximum Gasteiger partial charge on any atom is 0.150 e. The second kappa shape index (κ2) is 4.22. The first-order valence-corrected chi connectivity index (χ1v) is 5.08. The Balaban J connectivity index is 2.53. The predicted octanol–water partition coefficient (Wildman–Crippen LogP) is 2.64. The summed E-state index contributed by atoms with van der Waals surface area (Å²) in [6, 6.07) is 7.43. The molecule has 0 saturated heterocycles. The van der Waals surface area contributed by atoms with Gasteiger partial charge in [0.15, 0.2) is 6.29 Å². The van der Waals surface area contributed by atoms with Crippen molar-refractivity contribution in [2.45, 2.75) is 19.3 Å². The van der Waals surface area contributed by atoms with E-state index in [1.807, 2.05) is 18.2 Å². The van der Waals surface area contributed by atoms with Crippen molar-refractivity contribution in [3.63, 3.8) is 0 Å². The highest BCUT2D eigenvalue weighted by molar-refractivity contribution is 5.94. The second-order valence-corrected chi connectivity index (χ2v) is 3.68. The van der Waals surface area contributed by atoms with E-state index < -0.39 is 0 Å². The summed E-state index contributed by atoms with van der Waals surface area (Å²) in [5.74, 6) is 0. The zero-order chi connectivity index (χ0) is 10.7. The number of hydrogen-bond donors (Lipinski definition) is 0. The second-order valence-electron chi connectivity index (χ2n) is 3.68. The van der Waals surface area contributed by atoms with E-state index in [0.717, 1.165) is 48.5 Å². The molecule has 0 radical (unpaired) electrons. The Bertz CT molecular complexity index is 430. The van der Waals surface area contributed by atoms with Crippen LogP contribution in [0, 0.1) is 0 Å². The van der Waals surface area contributed by atoms with Gasteiger partial charge in [-0.1, -0.05) is 24.3 Å². The molecule has 2 nitrogen and oxygen atoms in total. The van der Waals surface area contributed by atoms with E-state index in [9.17, 15) is 9.59 Å². The van der Waals surface area contributed by atoms with E-state index >= 15 is 0 Å². The Hall–Kier alpha value is -1.70. The molecule has 0 bridgehead atoms. The maximum atomic E-state index is 10.9. The van der Waals surface area contributed by atoms with Gasteiger partial charge < -0.3 is 0 Å². The summed E-state index contributed by atoms with van der Waals surface area (Å²) in [6.07, 6.45) is 4.52. The molecular weight excluding hydrogens is 188 g/mol. The van der Waals surface area contributed by atoms with Gasteiger partial charge in [0.1, 0.15) is 6.29 Å². The molecule has 0 aliphatic heterocycles. The average Bonchev–Trinajstić information content (AvgIpc) is 2.76. The van der Waals surface area contributed by atoms with Gasteiger partial charge in [-0.25, -0.2) is 0 Å². The van der Waals surface area contributed by atoms with Crippen molar-refractivity contribution < 1.29 is 9.59 Å². The zero-order valence-electron chi connectivity index (χ0n) is 8.40. The zero-order valence-corrected chi connectivity index (χ0v) is 8.40. The normalized spacial score (nSPS) is 15.5. The Morgan fingerprint density at radius 1 is 1.00 bits per heavy atom. The molecule has 2 heteroatoms. The lowest BCUT2D eigenvalue weighted by molar-refractivity contribution is -0.104. The van der Waals surface area contributed by atoms with Gasteiger partial charge >= 0.3 is 0 Å². The van der Waals surface area contributed by atoms with Crippen LogP contribution < -0.4 is 0 Å². The summed E-state index contributed by atoms with van der Waals surface area (Å²) in [7, 11) is 0. The molecule has 0 spiro atoms. The summed E-state index contributed by atoms with van der Waals surface area (Å²) < 4.78 is 0. The van der Waals surface area contributed by atoms with Crippen LogP contribution in [0.5, 0.6) is 0 Å². The minimum atomic E-state index is 0.675. The fourth-order valence-corrected chi connectivity index (χ4v) is 2.08. The fraction of sp³-hybridized carbons (Fsp3) is 0.231. The van der Waals surface area contributed by atoms with Gasteiger partial charge in [0.25, 0.3) is 0 Å². The number of carbonyl (C=O) groups is 2. The highest BCUT2D eigenvalue weighted by Crippen LogP contribution is 2.33. The molecule has 0 amide bonds. The van der Waals surface area contributed by atoms with E-state index in [-0.39, 0.29) is 0 Å². The Labute approximate surface area is 88.6 Å². The fourth-order valence-electron chi connectivity index (χ4n) is 2.08. The third-order valence-corrected chi connectivity index (χ3v) is 2.82. The van der Waals surface area contributed by atoms with Crippen molar-refractivity contribution in [3.8, 4) is 0 Å². The summed E-state index contributed by atoms with van der Waals surface area (Å²) >= 11 is 0. The van der Waals surface area contributed by atoms with Crippen molar-refractivity contribution in [2.75, 3.05) is 0 Å². The molecule has 1 aliphatic carbocycles. The molecule has 1 aromatic carbocycles. The van der Waals surface area contributed by atoms with Crippen LogP contribution in [0.2, 0.25) is 0 Å². The van der Waals surface area contributed by atoms with Gasteiger partial charge in [-0.15, -0.1) is 0 Å². The van der Waals surface area contributed by atoms with Gasteiger partial charge in [0.05, 0.1) is 0 Å². The smallest absolute Gasteiger partial charge is 0.150 e. The Morgan fingerprint density at radius 3 is 2.53 bits per heavy atom. The molecule has 0 fully saturated rings. The van der Waals surface area contributed by atoms with Crippen LogP contribution in [-0.2, 0) is 4.79 Å². The average molecular weight is 200 g/mol. The van der Waals surface area contributed by atoms with Gasteiger partial charge in [-0.05, 0) is 36.0 Å². The molecule has 1 aromatic rings. The van der Waals surface area contributed by atoms with Crippen LogP contribution in [0.3, 0.4) is 0 Å². The lowest BCUT2D eigenvalue weighted by Gasteiger charge is -2.06. The van der Waals surface area contributed by atoms with Crippen LogP contribution in [-0.4, -0.2) is 12.6 Å². The minimum Gasteiger partial charge on any atom is -0.298 e. The summed E-state index contributed by atoms with van der Waals surface area (Å²) in [6.45, 7) is 0. The minimum absolute atomic E-state index is 0.675. The number of benzene rings is 1. The molecule has 0 aromatic heterocycles. The van der Waals surface area contributed by atoms with Crippen LogP contribution in [0.4, 0.5) is 0 Å². The summed E-state index contributed by atoms with van der Waals surface area (Å²) in [5.41, 5.74) is 3.50. The highest BCUT2D eigenvalue weighted by atomic mass is 16.1. The monoisotopic (exact) mass is 200 g/mol. The van der Waals surface area contributed by atoms with E-state index in [1.165, 1.54) is 0 Å². The van der Waals surface area contributed by atoms with Gasteiger partial charge in [0.2, 0.25) is 0 Å². The van der Waals surface area contributed by atoms with Gasteiger partial charge in [0, 0.05) is 5.56 Å². The third-order valence-electron chi connectivity index (χ3n) is 2.82. The molecule has 0 unspecified atom stereocenters. The largest absolute Gasteiger partial charge is 0.298 e. The van der Waals surface area contributed by atoms with Crippen molar-refractivity contribution in [3.05, 3.63) is 41.0 Å². The van der Waals surface area contributed by atoms with E-state index in [4.69, 9.17) is 0 Å². The number of rotatable bonds is 3. The summed E-state index contributed by atoms with van der Waals surface area (Å²) in [5, 5.41) is 0. The maximum absolute atomic E-state index is 10.9. The lowest BCUT2D eigenvalue weighted by Crippen LogP contribution is -1.92. The van der Waals surface area contributed by atoms with E-state index in [2.05, 4.69) is 0 Å². The molecular formula is C13H12O2. The first-order valence-electron chi connectivity index (χ1n) is 5.08. The van der Waals surface area contributed by atoms with E-state index in [1.54, 1.807) is 6.07 Å². The lowest BCUT2D eigenvalue weighted by atomic mass is 9.98. The number of aldehydes is 2. The third kappa shape index (κ3) is 1.75.